The molecular formula is C37H40ClFN4O7S. The van der Waals surface area contributed by atoms with E-state index in [1.165, 1.54) is 24.7 Å². The van der Waals surface area contributed by atoms with Crippen molar-refractivity contribution in [2.75, 3.05) is 23.9 Å². The molecule has 270 valence electrons. The van der Waals surface area contributed by atoms with Gasteiger partial charge in [0.05, 0.1) is 22.7 Å². The molecule has 11 nitrogen and oxygen atoms in total. The third-order valence-corrected chi connectivity index (χ3v) is 9.34. The molecule has 0 aliphatic heterocycles. The van der Waals surface area contributed by atoms with Crippen LogP contribution in [-0.2, 0) is 27.7 Å². The van der Waals surface area contributed by atoms with Gasteiger partial charge in [0.1, 0.15) is 57.4 Å². The van der Waals surface area contributed by atoms with Crippen LogP contribution >= 0.6 is 11.6 Å². The summed E-state index contributed by atoms with van der Waals surface area (Å²) in [4.78, 5) is 20.3. The van der Waals surface area contributed by atoms with Crippen LogP contribution in [0.25, 0.3) is 22.2 Å². The van der Waals surface area contributed by atoms with E-state index in [4.69, 9.17) is 30.7 Å². The summed E-state index contributed by atoms with van der Waals surface area (Å²) in [6, 6.07) is 18.9. The summed E-state index contributed by atoms with van der Waals surface area (Å²) in [5, 5.41) is 13.1. The summed E-state index contributed by atoms with van der Waals surface area (Å²) in [7, 11) is -3.03. The number of aromatic nitrogens is 2. The summed E-state index contributed by atoms with van der Waals surface area (Å²) < 4.78 is 55.0. The maximum Gasteiger partial charge on any atom is 0.243 e. The number of furan rings is 1. The van der Waals surface area contributed by atoms with E-state index in [1.807, 2.05) is 24.3 Å². The first-order valence-corrected chi connectivity index (χ1v) is 19.1. The van der Waals surface area contributed by atoms with Gasteiger partial charge in [-0.15, -0.1) is 0 Å². The van der Waals surface area contributed by atoms with Gasteiger partial charge < -0.3 is 19.2 Å². The molecule has 14 heteroatoms. The first-order valence-electron chi connectivity index (χ1n) is 16.6. The first kappa shape index (κ1) is 37.5. The number of sulfone groups is 1. The number of hydrogen-bond acceptors (Lipinski definition) is 10. The number of aryl methyl sites for hydroxylation is 1. The Morgan fingerprint density at radius 3 is 2.57 bits per heavy atom. The topological polar surface area (TPSA) is 153 Å². The Morgan fingerprint density at radius 1 is 0.941 bits per heavy atom. The summed E-state index contributed by atoms with van der Waals surface area (Å²) in [5.41, 5.74) is 4.32. The van der Waals surface area contributed by atoms with Crippen molar-refractivity contribution >= 4 is 49.8 Å². The number of nitrogens with one attached hydrogen (secondary N) is 2. The van der Waals surface area contributed by atoms with Gasteiger partial charge in [0.15, 0.2) is 0 Å². The van der Waals surface area contributed by atoms with Crippen molar-refractivity contribution in [2.24, 2.45) is 0 Å². The van der Waals surface area contributed by atoms with Crippen LogP contribution in [0.1, 0.15) is 56.3 Å². The quantitative estimate of drug-likeness (QED) is 0.0429. The molecule has 0 fully saturated rings. The number of carbonyl (C=O) groups excluding carboxylic acids is 1. The van der Waals surface area contributed by atoms with Gasteiger partial charge in [0, 0.05) is 42.0 Å². The molecule has 0 saturated carbocycles. The highest BCUT2D eigenvalue weighted by Crippen LogP contribution is 2.38. The molecule has 0 radical (unpaired) electrons. The van der Waals surface area contributed by atoms with Crippen LogP contribution in [0.4, 0.5) is 15.9 Å². The van der Waals surface area contributed by atoms with E-state index in [-0.39, 0.29) is 24.6 Å². The highest BCUT2D eigenvalue weighted by molar-refractivity contribution is 7.90. The van der Waals surface area contributed by atoms with Gasteiger partial charge in [-0.2, -0.15) is 0 Å². The van der Waals surface area contributed by atoms with Crippen molar-refractivity contribution in [2.45, 2.75) is 58.0 Å². The normalized spacial score (nSPS) is 11.5. The molecule has 2 heterocycles. The zero-order chi connectivity index (χ0) is 36.2. The van der Waals surface area contributed by atoms with Crippen LogP contribution in [0.2, 0.25) is 5.02 Å². The number of anilines is 2. The highest BCUT2D eigenvalue weighted by Gasteiger charge is 2.17. The monoisotopic (exact) mass is 738 g/mol. The largest absolute Gasteiger partial charge is 0.493 e. The number of benzene rings is 3. The maximum atomic E-state index is 13.6. The SMILES string of the molecule is CS(=O)(=O)CCCCc1ccc(-c2cc3c(Nc4ccc(OCc5cccc(F)c5)c(Cl)c4)ncnc3cc2OCCCCCCC(=O)NO)o1. The fraction of sp³-hybridized carbons (Fsp3) is 0.324. The number of hydroxylamine groups is 1. The molecule has 1 amide bonds. The number of carbonyl (C=O) groups is 1. The standard InChI is InChI=1S/C37H40ClFN4O7S/c1-51(46,47)18-7-5-11-28-14-16-33(50-28)30-21-29-32(22-35(30)48-17-6-3-2-4-12-36(44)43-45)40-24-41-37(29)42-27-13-15-34(31(38)20-27)49-23-25-9-8-10-26(39)19-25/h8-10,13-16,19-22,24,45H,2-7,11-12,17-18,23H2,1H3,(H,43,44)(H,40,41,42). The zero-order valence-corrected chi connectivity index (χ0v) is 29.7. The Kier molecular flexibility index (Phi) is 13.2. The van der Waals surface area contributed by atoms with Crippen molar-refractivity contribution in [1.29, 1.82) is 0 Å². The lowest BCUT2D eigenvalue weighted by Gasteiger charge is -2.15. The van der Waals surface area contributed by atoms with E-state index in [0.717, 1.165) is 25.0 Å². The van der Waals surface area contributed by atoms with Gasteiger partial charge in [-0.1, -0.05) is 36.6 Å². The van der Waals surface area contributed by atoms with Crippen LogP contribution in [-0.4, -0.2) is 48.1 Å². The van der Waals surface area contributed by atoms with Gasteiger partial charge in [0.2, 0.25) is 5.91 Å². The fourth-order valence-electron chi connectivity index (χ4n) is 5.42. The smallest absolute Gasteiger partial charge is 0.243 e. The number of hydrogen-bond donors (Lipinski definition) is 3. The molecule has 0 aliphatic rings. The summed E-state index contributed by atoms with van der Waals surface area (Å²) >= 11 is 6.56. The molecule has 2 aromatic heterocycles. The molecule has 0 unspecified atom stereocenters. The Balaban J connectivity index is 1.34. The number of fused-ring (bicyclic) bond motifs is 1. The molecular weight excluding hydrogens is 699 g/mol. The molecule has 51 heavy (non-hydrogen) atoms. The van der Waals surface area contributed by atoms with Gasteiger partial charge in [0.25, 0.3) is 0 Å². The van der Waals surface area contributed by atoms with Crippen LogP contribution in [0.3, 0.4) is 0 Å². The van der Waals surface area contributed by atoms with Crippen molar-refractivity contribution < 1.29 is 36.7 Å². The number of amides is 1. The number of unbranched alkanes of at least 4 members (excludes halogenated alkanes) is 4. The summed E-state index contributed by atoms with van der Waals surface area (Å²) in [6.07, 6.45) is 7.82. The zero-order valence-electron chi connectivity index (χ0n) is 28.2. The number of ether oxygens (including phenoxy) is 2. The van der Waals surface area contributed by atoms with Crippen LogP contribution in [0.5, 0.6) is 11.5 Å². The van der Waals surface area contributed by atoms with Gasteiger partial charge >= 0.3 is 0 Å². The second kappa shape index (κ2) is 18.0. The molecule has 5 rings (SSSR count). The van der Waals surface area contributed by atoms with E-state index in [1.54, 1.807) is 35.8 Å². The molecule has 3 aromatic carbocycles. The molecule has 0 aliphatic carbocycles. The molecule has 0 bridgehead atoms. The van der Waals surface area contributed by atoms with Crippen LogP contribution < -0.4 is 20.3 Å². The highest BCUT2D eigenvalue weighted by atomic mass is 35.5. The molecule has 0 spiro atoms. The second-order valence-electron chi connectivity index (χ2n) is 12.2. The second-order valence-corrected chi connectivity index (χ2v) is 14.8. The average molecular weight is 739 g/mol. The third kappa shape index (κ3) is 11.4. The van der Waals surface area contributed by atoms with Gasteiger partial charge in [-0.25, -0.2) is 28.3 Å². The molecule has 0 atom stereocenters. The lowest BCUT2D eigenvalue weighted by Crippen LogP contribution is -2.17. The van der Waals surface area contributed by atoms with Crippen molar-refractivity contribution in [3.8, 4) is 22.8 Å². The predicted molar refractivity (Wildman–Crippen MR) is 194 cm³/mol. The Hall–Kier alpha value is -4.72. The van der Waals surface area contributed by atoms with E-state index in [9.17, 15) is 17.6 Å². The fourth-order valence-corrected chi connectivity index (χ4v) is 6.38. The number of rotatable bonds is 19. The van der Waals surface area contributed by atoms with Crippen molar-refractivity contribution in [3.63, 3.8) is 0 Å². The van der Waals surface area contributed by atoms with E-state index < -0.39 is 15.7 Å². The van der Waals surface area contributed by atoms with Gasteiger partial charge in [-0.3, -0.25) is 10.0 Å². The number of nitrogens with zero attached hydrogens (tertiary/aromatic N) is 2. The van der Waals surface area contributed by atoms with E-state index >= 15 is 0 Å². The minimum Gasteiger partial charge on any atom is -0.493 e. The van der Waals surface area contributed by atoms with E-state index in [2.05, 4.69) is 15.3 Å². The lowest BCUT2D eigenvalue weighted by molar-refractivity contribution is -0.129. The third-order valence-electron chi connectivity index (χ3n) is 8.01. The minimum atomic E-state index is -3.03. The predicted octanol–water partition coefficient (Wildman–Crippen LogP) is 8.21. The summed E-state index contributed by atoms with van der Waals surface area (Å²) in [5.74, 6) is 2.25. The number of halogens is 2. The van der Waals surface area contributed by atoms with Crippen LogP contribution in [0.15, 0.2) is 77.5 Å². The minimum absolute atomic E-state index is 0.128. The van der Waals surface area contributed by atoms with Gasteiger partial charge in [-0.05, 0) is 79.8 Å². The Labute approximate surface area is 301 Å². The first-order chi connectivity index (χ1) is 24.6. The Bertz CT molecular complexity index is 2060. The van der Waals surface area contributed by atoms with Crippen molar-refractivity contribution in [1.82, 2.24) is 15.4 Å². The molecule has 0 saturated heterocycles. The Morgan fingerprint density at radius 2 is 1.78 bits per heavy atom. The lowest BCUT2D eigenvalue weighted by atomic mass is 10.1. The maximum absolute atomic E-state index is 13.6. The summed E-state index contributed by atoms with van der Waals surface area (Å²) in [6.45, 7) is 0.582. The van der Waals surface area contributed by atoms with Crippen LogP contribution in [0, 0.1) is 5.82 Å². The average Bonchev–Trinajstić information content (AvgIpc) is 3.57. The van der Waals surface area contributed by atoms with E-state index in [0.29, 0.717) is 88.1 Å². The molecule has 5 aromatic rings. The van der Waals surface area contributed by atoms with Crippen molar-refractivity contribution in [3.05, 3.63) is 95.2 Å². The molecule has 3 N–H and O–H groups in total.